The molecule has 0 unspecified atom stereocenters. The van der Waals surface area contributed by atoms with Gasteiger partial charge in [-0.15, -0.1) is 0 Å². The number of sulfonamides is 1. The number of aryl methyl sites for hydroxylation is 1. The first-order chi connectivity index (χ1) is 12.2. The second kappa shape index (κ2) is 7.40. The Morgan fingerprint density at radius 2 is 1.92 bits per heavy atom. The summed E-state index contributed by atoms with van der Waals surface area (Å²) < 4.78 is 31.9. The molecule has 1 N–H and O–H groups in total. The molecule has 138 valence electrons. The smallest absolute Gasteiger partial charge is 0.324 e. The van der Waals surface area contributed by atoms with Crippen LogP contribution in [0.3, 0.4) is 0 Å². The molecule has 26 heavy (non-hydrogen) atoms. The predicted octanol–water partition coefficient (Wildman–Crippen LogP) is 2.19. The average Bonchev–Trinajstić information content (AvgIpc) is 2.59. The Hall–Kier alpha value is -3.14. The van der Waals surface area contributed by atoms with Crippen molar-refractivity contribution in [3.8, 4) is 5.75 Å². The highest BCUT2D eigenvalue weighted by Crippen LogP contribution is 2.35. The summed E-state index contributed by atoms with van der Waals surface area (Å²) in [7, 11) is -3.23. The van der Waals surface area contributed by atoms with E-state index in [1.165, 1.54) is 31.4 Å². The summed E-state index contributed by atoms with van der Waals surface area (Å²) in [5, 5.41) is 20.4. The molecular formula is C16H16N2O7S. The van der Waals surface area contributed by atoms with Gasteiger partial charge in [0.2, 0.25) is 0 Å². The summed E-state index contributed by atoms with van der Waals surface area (Å²) in [4.78, 5) is 21.1. The van der Waals surface area contributed by atoms with E-state index < -0.39 is 38.0 Å². The van der Waals surface area contributed by atoms with E-state index >= 15 is 0 Å². The number of carboxylic acids is 1. The van der Waals surface area contributed by atoms with Crippen LogP contribution >= 0.6 is 0 Å². The fraction of sp³-hybridized carbons (Fsp3) is 0.188. The van der Waals surface area contributed by atoms with Crippen LogP contribution in [0.15, 0.2) is 47.4 Å². The van der Waals surface area contributed by atoms with Gasteiger partial charge in [0.1, 0.15) is 12.3 Å². The number of aliphatic carboxylic acids is 1. The second-order valence-corrected chi connectivity index (χ2v) is 7.14. The number of anilines is 1. The third-order valence-electron chi connectivity index (χ3n) is 3.51. The Kier molecular flexibility index (Phi) is 5.46. The lowest BCUT2D eigenvalue weighted by molar-refractivity contribution is -0.387. The molecule has 0 fully saturated rings. The van der Waals surface area contributed by atoms with Crippen molar-refractivity contribution in [3.05, 3.63) is 58.1 Å². The van der Waals surface area contributed by atoms with Crippen molar-refractivity contribution in [3.63, 3.8) is 0 Å². The Labute approximate surface area is 149 Å². The first kappa shape index (κ1) is 19.2. The van der Waals surface area contributed by atoms with E-state index in [1.807, 2.05) is 0 Å². The summed E-state index contributed by atoms with van der Waals surface area (Å²) in [5.74, 6) is -1.30. The molecule has 0 atom stereocenters. The zero-order valence-corrected chi connectivity index (χ0v) is 14.8. The van der Waals surface area contributed by atoms with Crippen LogP contribution in [-0.4, -0.2) is 38.1 Å². The van der Waals surface area contributed by atoms with E-state index in [2.05, 4.69) is 0 Å². The van der Waals surface area contributed by atoms with Crippen LogP contribution in [0.4, 0.5) is 11.4 Å². The fourth-order valence-electron chi connectivity index (χ4n) is 2.36. The second-order valence-electron chi connectivity index (χ2n) is 5.31. The van der Waals surface area contributed by atoms with Crippen LogP contribution in [0.2, 0.25) is 0 Å². The van der Waals surface area contributed by atoms with Gasteiger partial charge >= 0.3 is 5.97 Å². The van der Waals surface area contributed by atoms with Crippen molar-refractivity contribution >= 4 is 27.4 Å². The molecule has 0 aliphatic carbocycles. The minimum Gasteiger partial charge on any atom is -0.495 e. The molecule has 0 saturated carbocycles. The van der Waals surface area contributed by atoms with Gasteiger partial charge in [-0.1, -0.05) is 18.2 Å². The van der Waals surface area contributed by atoms with E-state index in [1.54, 1.807) is 13.0 Å². The van der Waals surface area contributed by atoms with Crippen molar-refractivity contribution < 1.29 is 28.0 Å². The molecule has 2 rings (SSSR count). The van der Waals surface area contributed by atoms with E-state index in [0.29, 0.717) is 9.87 Å². The van der Waals surface area contributed by atoms with E-state index in [9.17, 15) is 28.4 Å². The van der Waals surface area contributed by atoms with Gasteiger partial charge in [-0.05, 0) is 30.7 Å². The number of hydrogen-bond acceptors (Lipinski definition) is 6. The Bertz CT molecular complexity index is 957. The quantitative estimate of drug-likeness (QED) is 0.576. The third-order valence-corrected chi connectivity index (χ3v) is 5.32. The molecule has 2 aromatic carbocycles. The number of para-hydroxylation sites is 1. The molecule has 0 spiro atoms. The SMILES string of the molecule is COc1ccc(C)cc1N(CC(=O)O)S(=O)(=O)c1ccccc1[N+](=O)[O-]. The van der Waals surface area contributed by atoms with E-state index in [-0.39, 0.29) is 11.4 Å². The number of nitro benzene ring substituents is 1. The van der Waals surface area contributed by atoms with Crippen molar-refractivity contribution in [2.24, 2.45) is 0 Å². The lowest BCUT2D eigenvalue weighted by Gasteiger charge is -2.24. The molecule has 9 nitrogen and oxygen atoms in total. The normalized spacial score (nSPS) is 11.0. The highest BCUT2D eigenvalue weighted by atomic mass is 32.2. The van der Waals surface area contributed by atoms with Crippen LogP contribution in [0.5, 0.6) is 5.75 Å². The molecule has 0 aromatic heterocycles. The summed E-state index contributed by atoms with van der Waals surface area (Å²) in [6.45, 7) is 0.771. The number of carbonyl (C=O) groups is 1. The predicted molar refractivity (Wildman–Crippen MR) is 93.0 cm³/mol. The zero-order chi connectivity index (χ0) is 19.5. The highest BCUT2D eigenvalue weighted by Gasteiger charge is 2.34. The largest absolute Gasteiger partial charge is 0.495 e. The molecule has 10 heteroatoms. The summed E-state index contributed by atoms with van der Waals surface area (Å²) in [5.41, 5.74) is -0.00323. The van der Waals surface area contributed by atoms with Gasteiger partial charge in [0, 0.05) is 6.07 Å². The molecular weight excluding hydrogens is 364 g/mol. The van der Waals surface area contributed by atoms with Crippen molar-refractivity contribution in [2.45, 2.75) is 11.8 Å². The Morgan fingerprint density at radius 1 is 1.27 bits per heavy atom. The zero-order valence-electron chi connectivity index (χ0n) is 13.9. The van der Waals surface area contributed by atoms with Crippen molar-refractivity contribution in [1.82, 2.24) is 0 Å². The van der Waals surface area contributed by atoms with Crippen LogP contribution < -0.4 is 9.04 Å². The molecule has 0 bridgehead atoms. The van der Waals surface area contributed by atoms with E-state index in [0.717, 1.165) is 12.1 Å². The van der Waals surface area contributed by atoms with Gasteiger partial charge in [-0.25, -0.2) is 8.42 Å². The fourth-order valence-corrected chi connectivity index (χ4v) is 3.94. The lowest BCUT2D eigenvalue weighted by atomic mass is 10.2. The number of carboxylic acid groups (broad SMARTS) is 1. The number of ether oxygens (including phenoxy) is 1. The molecule has 0 heterocycles. The van der Waals surface area contributed by atoms with Gasteiger partial charge < -0.3 is 9.84 Å². The maximum Gasteiger partial charge on any atom is 0.324 e. The third kappa shape index (κ3) is 3.75. The number of nitro groups is 1. The Balaban J connectivity index is 2.74. The summed E-state index contributed by atoms with van der Waals surface area (Å²) in [6, 6.07) is 9.35. The van der Waals surface area contributed by atoms with Crippen molar-refractivity contribution in [1.29, 1.82) is 0 Å². The molecule has 0 aliphatic rings. The van der Waals surface area contributed by atoms with Crippen LogP contribution in [0.25, 0.3) is 0 Å². The first-order valence-corrected chi connectivity index (χ1v) is 8.75. The molecule has 0 saturated heterocycles. The number of nitrogens with zero attached hydrogens (tertiary/aromatic N) is 2. The number of methoxy groups -OCH3 is 1. The van der Waals surface area contributed by atoms with Gasteiger partial charge in [0.25, 0.3) is 15.7 Å². The van der Waals surface area contributed by atoms with Crippen molar-refractivity contribution in [2.75, 3.05) is 18.0 Å². The number of rotatable bonds is 7. The van der Waals surface area contributed by atoms with Gasteiger partial charge in [-0.3, -0.25) is 19.2 Å². The Morgan fingerprint density at radius 3 is 2.50 bits per heavy atom. The highest BCUT2D eigenvalue weighted by molar-refractivity contribution is 7.93. The van der Waals surface area contributed by atoms with Crippen LogP contribution in [-0.2, 0) is 14.8 Å². The first-order valence-electron chi connectivity index (χ1n) is 7.31. The topological polar surface area (TPSA) is 127 Å². The van der Waals surface area contributed by atoms with Gasteiger partial charge in [-0.2, -0.15) is 0 Å². The van der Waals surface area contributed by atoms with E-state index in [4.69, 9.17) is 4.74 Å². The van der Waals surface area contributed by atoms with Gasteiger partial charge in [0.15, 0.2) is 4.90 Å². The lowest BCUT2D eigenvalue weighted by Crippen LogP contribution is -2.36. The van der Waals surface area contributed by atoms with Gasteiger partial charge in [0.05, 0.1) is 17.7 Å². The molecule has 2 aromatic rings. The van der Waals surface area contributed by atoms with Crippen LogP contribution in [0.1, 0.15) is 5.56 Å². The minimum atomic E-state index is -4.54. The monoisotopic (exact) mass is 380 g/mol. The number of hydrogen-bond donors (Lipinski definition) is 1. The maximum atomic E-state index is 13.1. The minimum absolute atomic E-state index is 0.0203. The average molecular weight is 380 g/mol. The number of benzene rings is 2. The standard InChI is InChI=1S/C16H16N2O7S/c1-11-7-8-14(25-2)13(9-11)17(10-16(19)20)26(23,24)15-6-4-3-5-12(15)18(21)22/h3-9H,10H2,1-2H3,(H,19,20). The maximum absolute atomic E-state index is 13.1. The molecule has 0 radical (unpaired) electrons. The van der Waals surface area contributed by atoms with Crippen LogP contribution in [0, 0.1) is 17.0 Å². The summed E-state index contributed by atoms with van der Waals surface area (Å²) in [6.07, 6.45) is 0. The summed E-state index contributed by atoms with van der Waals surface area (Å²) >= 11 is 0. The molecule has 0 amide bonds. The molecule has 0 aliphatic heterocycles.